The van der Waals surface area contributed by atoms with Crippen molar-refractivity contribution < 1.29 is 24.2 Å². The molecule has 0 spiro atoms. The summed E-state index contributed by atoms with van der Waals surface area (Å²) in [5.41, 5.74) is 0.762. The number of hydrogen-bond acceptors (Lipinski definition) is 4. The molecule has 7 nitrogen and oxygen atoms in total. The second-order valence-electron chi connectivity index (χ2n) is 5.38. The van der Waals surface area contributed by atoms with Crippen LogP contribution >= 0.6 is 0 Å². The highest BCUT2D eigenvalue weighted by Gasteiger charge is 2.20. The van der Waals surface area contributed by atoms with Crippen LogP contribution in [0.1, 0.15) is 25.3 Å². The van der Waals surface area contributed by atoms with E-state index in [0.29, 0.717) is 18.6 Å². The number of benzene rings is 1. The topological polar surface area (TPSA) is 105 Å². The number of amides is 2. The summed E-state index contributed by atoms with van der Waals surface area (Å²) in [5.74, 6) is -1.78. The fourth-order valence-corrected chi connectivity index (χ4v) is 2.18. The van der Waals surface area contributed by atoms with Gasteiger partial charge in [0.1, 0.15) is 5.75 Å². The maximum atomic E-state index is 11.7. The molecule has 24 heavy (non-hydrogen) atoms. The Kier molecular flexibility index (Phi) is 8.32. The third kappa shape index (κ3) is 6.68. The average molecular weight is 336 g/mol. The lowest BCUT2D eigenvalue weighted by Gasteiger charge is -2.15. The highest BCUT2D eigenvalue weighted by atomic mass is 16.5. The van der Waals surface area contributed by atoms with Gasteiger partial charge < -0.3 is 20.5 Å². The highest BCUT2D eigenvalue weighted by Crippen LogP contribution is 2.20. The van der Waals surface area contributed by atoms with Crippen molar-refractivity contribution in [1.82, 2.24) is 10.6 Å². The summed E-state index contributed by atoms with van der Waals surface area (Å²) < 4.78 is 5.21. The number of carbonyl (C=O) groups is 3. The van der Waals surface area contributed by atoms with Gasteiger partial charge in [-0.15, -0.1) is 0 Å². The van der Waals surface area contributed by atoms with Crippen LogP contribution in [-0.2, 0) is 20.8 Å². The van der Waals surface area contributed by atoms with Gasteiger partial charge in [0, 0.05) is 13.0 Å². The molecule has 0 saturated heterocycles. The predicted octanol–water partition coefficient (Wildman–Crippen LogP) is 0.971. The van der Waals surface area contributed by atoms with E-state index in [9.17, 15) is 19.5 Å². The molecule has 0 aliphatic rings. The number of para-hydroxylation sites is 1. The SMILES string of the molecule is CCCC(=O)NCC(=O)NCC(Cc1ccccc1OC)C(=O)O. The molecule has 0 fully saturated rings. The Hall–Kier alpha value is -2.57. The first-order valence-corrected chi connectivity index (χ1v) is 7.86. The predicted molar refractivity (Wildman–Crippen MR) is 88.8 cm³/mol. The molecular formula is C17H24N2O5. The zero-order valence-electron chi connectivity index (χ0n) is 14.0. The zero-order valence-corrected chi connectivity index (χ0v) is 14.0. The molecule has 0 heterocycles. The summed E-state index contributed by atoms with van der Waals surface area (Å²) in [5, 5.41) is 14.4. The van der Waals surface area contributed by atoms with Gasteiger partial charge in [-0.2, -0.15) is 0 Å². The van der Waals surface area contributed by atoms with E-state index in [4.69, 9.17) is 4.74 Å². The Balaban J connectivity index is 2.53. The first-order chi connectivity index (χ1) is 11.5. The molecule has 1 atom stereocenters. The van der Waals surface area contributed by atoms with Gasteiger partial charge >= 0.3 is 5.97 Å². The number of methoxy groups -OCH3 is 1. The van der Waals surface area contributed by atoms with Crippen molar-refractivity contribution >= 4 is 17.8 Å². The van der Waals surface area contributed by atoms with Crippen molar-refractivity contribution in [2.24, 2.45) is 5.92 Å². The largest absolute Gasteiger partial charge is 0.496 e. The number of rotatable bonds is 10. The molecule has 2 amide bonds. The van der Waals surface area contributed by atoms with Crippen molar-refractivity contribution in [2.45, 2.75) is 26.2 Å². The summed E-state index contributed by atoms with van der Waals surface area (Å²) in [6.45, 7) is 1.70. The summed E-state index contributed by atoms with van der Waals surface area (Å²) >= 11 is 0. The number of ether oxygens (including phenoxy) is 1. The normalized spacial score (nSPS) is 11.4. The van der Waals surface area contributed by atoms with Gasteiger partial charge in [-0.25, -0.2) is 0 Å². The van der Waals surface area contributed by atoms with Crippen LogP contribution in [0.15, 0.2) is 24.3 Å². The van der Waals surface area contributed by atoms with Crippen LogP contribution in [0.4, 0.5) is 0 Å². The Morgan fingerprint density at radius 1 is 1.17 bits per heavy atom. The van der Waals surface area contributed by atoms with Gasteiger partial charge in [0.2, 0.25) is 11.8 Å². The molecule has 132 valence electrons. The van der Waals surface area contributed by atoms with E-state index in [0.717, 1.165) is 5.56 Å². The van der Waals surface area contributed by atoms with Crippen molar-refractivity contribution in [3.8, 4) is 5.75 Å². The minimum Gasteiger partial charge on any atom is -0.496 e. The number of carboxylic acid groups (broad SMARTS) is 1. The van der Waals surface area contributed by atoms with Crippen molar-refractivity contribution in [2.75, 3.05) is 20.2 Å². The fourth-order valence-electron chi connectivity index (χ4n) is 2.18. The van der Waals surface area contributed by atoms with Gasteiger partial charge in [0.15, 0.2) is 0 Å². The smallest absolute Gasteiger partial charge is 0.308 e. The van der Waals surface area contributed by atoms with E-state index in [1.165, 1.54) is 7.11 Å². The Morgan fingerprint density at radius 2 is 1.88 bits per heavy atom. The van der Waals surface area contributed by atoms with E-state index in [-0.39, 0.29) is 25.4 Å². The first kappa shape index (κ1) is 19.5. The van der Waals surface area contributed by atoms with Gasteiger partial charge in [-0.1, -0.05) is 25.1 Å². The molecule has 0 aliphatic heterocycles. The molecule has 7 heteroatoms. The average Bonchev–Trinajstić information content (AvgIpc) is 2.57. The van der Waals surface area contributed by atoms with E-state index < -0.39 is 17.8 Å². The maximum Gasteiger partial charge on any atom is 0.308 e. The van der Waals surface area contributed by atoms with E-state index in [2.05, 4.69) is 10.6 Å². The summed E-state index contributed by atoms with van der Waals surface area (Å²) in [6, 6.07) is 7.16. The van der Waals surface area contributed by atoms with Gasteiger partial charge in [-0.3, -0.25) is 14.4 Å². The van der Waals surface area contributed by atoms with Crippen molar-refractivity contribution in [3.63, 3.8) is 0 Å². The van der Waals surface area contributed by atoms with Crippen LogP contribution in [0.25, 0.3) is 0 Å². The molecule has 0 bridgehead atoms. The molecule has 0 aromatic heterocycles. The first-order valence-electron chi connectivity index (χ1n) is 7.86. The number of carbonyl (C=O) groups excluding carboxylic acids is 2. The van der Waals surface area contributed by atoms with Crippen LogP contribution in [-0.4, -0.2) is 43.1 Å². The molecule has 0 radical (unpaired) electrons. The molecule has 1 aromatic rings. The lowest BCUT2D eigenvalue weighted by atomic mass is 9.98. The van der Waals surface area contributed by atoms with Gasteiger partial charge in [0.25, 0.3) is 0 Å². The quantitative estimate of drug-likeness (QED) is 0.590. The van der Waals surface area contributed by atoms with E-state index >= 15 is 0 Å². The molecular weight excluding hydrogens is 312 g/mol. The Morgan fingerprint density at radius 3 is 2.50 bits per heavy atom. The Labute approximate surface area is 141 Å². The maximum absolute atomic E-state index is 11.7. The zero-order chi connectivity index (χ0) is 17.9. The molecule has 0 saturated carbocycles. The molecule has 1 aromatic carbocycles. The second-order valence-corrected chi connectivity index (χ2v) is 5.38. The minimum atomic E-state index is -1.00. The van der Waals surface area contributed by atoms with Gasteiger partial charge in [-0.05, 0) is 24.5 Å². The standard InChI is InChI=1S/C17H24N2O5/c1-3-6-15(20)19-11-16(21)18-10-13(17(22)23)9-12-7-4-5-8-14(12)24-2/h4-5,7-8,13H,3,6,9-11H2,1-2H3,(H,18,21)(H,19,20)(H,22,23). The van der Waals surface area contributed by atoms with Crippen LogP contribution in [0.5, 0.6) is 5.75 Å². The van der Waals surface area contributed by atoms with Gasteiger partial charge in [0.05, 0.1) is 19.6 Å². The summed E-state index contributed by atoms with van der Waals surface area (Å²) in [4.78, 5) is 34.4. The third-order valence-electron chi connectivity index (χ3n) is 3.48. The molecule has 3 N–H and O–H groups in total. The van der Waals surface area contributed by atoms with Crippen LogP contribution in [0.3, 0.4) is 0 Å². The molecule has 0 aliphatic carbocycles. The minimum absolute atomic E-state index is 0.0180. The molecule has 1 unspecified atom stereocenters. The van der Waals surface area contributed by atoms with Crippen molar-refractivity contribution in [1.29, 1.82) is 0 Å². The van der Waals surface area contributed by atoms with Crippen LogP contribution in [0, 0.1) is 5.92 Å². The fraction of sp³-hybridized carbons (Fsp3) is 0.471. The van der Waals surface area contributed by atoms with Crippen molar-refractivity contribution in [3.05, 3.63) is 29.8 Å². The number of nitrogens with one attached hydrogen (secondary N) is 2. The molecule has 1 rings (SSSR count). The second kappa shape index (κ2) is 10.3. The summed E-state index contributed by atoms with van der Waals surface area (Å²) in [7, 11) is 1.52. The van der Waals surface area contributed by atoms with Crippen LogP contribution in [0.2, 0.25) is 0 Å². The number of hydrogen-bond donors (Lipinski definition) is 3. The lowest BCUT2D eigenvalue weighted by molar-refractivity contribution is -0.141. The monoisotopic (exact) mass is 336 g/mol. The third-order valence-corrected chi connectivity index (χ3v) is 3.48. The van der Waals surface area contributed by atoms with E-state index in [1.807, 2.05) is 6.92 Å². The lowest BCUT2D eigenvalue weighted by Crippen LogP contribution is -2.40. The van der Waals surface area contributed by atoms with E-state index in [1.54, 1.807) is 24.3 Å². The number of aliphatic carboxylic acids is 1. The summed E-state index contributed by atoms with van der Waals surface area (Å²) in [6.07, 6.45) is 1.30. The van der Waals surface area contributed by atoms with Crippen LogP contribution < -0.4 is 15.4 Å². The Bertz CT molecular complexity index is 574. The highest BCUT2D eigenvalue weighted by molar-refractivity contribution is 5.84. The number of carboxylic acids is 1.